The van der Waals surface area contributed by atoms with Crippen LogP contribution in [0.5, 0.6) is 11.5 Å². The van der Waals surface area contributed by atoms with Crippen LogP contribution in [0.25, 0.3) is 6.08 Å². The molecule has 36 heavy (non-hydrogen) atoms. The van der Waals surface area contributed by atoms with Crippen LogP contribution in [0.15, 0.2) is 71.6 Å². The number of thioether (sulfide) groups is 1. The summed E-state index contributed by atoms with van der Waals surface area (Å²) in [5.74, 6) is 0.154. The smallest absolute Gasteiger partial charge is 0.294 e. The Balaban J connectivity index is 1.47. The van der Waals surface area contributed by atoms with Gasteiger partial charge in [-0.15, -0.1) is 0 Å². The molecule has 1 fully saturated rings. The number of anilines is 1. The molecule has 4 rings (SSSR count). The molecule has 0 radical (unpaired) electrons. The van der Waals surface area contributed by atoms with Crippen LogP contribution < -0.4 is 14.8 Å². The van der Waals surface area contributed by atoms with Crippen LogP contribution in [0, 0.1) is 10.5 Å². The summed E-state index contributed by atoms with van der Waals surface area (Å²) in [4.78, 5) is 38.9. The lowest BCUT2D eigenvalue weighted by Gasteiger charge is -2.14. The molecule has 1 aliphatic rings. The number of hydrogen-bond donors (Lipinski definition) is 1. The van der Waals surface area contributed by atoms with E-state index in [4.69, 9.17) is 9.47 Å². The molecule has 3 aromatic rings. The number of para-hydroxylation sites is 1. The number of methoxy groups -OCH3 is 1. The first kappa shape index (κ1) is 25.8. The average molecular weight is 614 g/mol. The van der Waals surface area contributed by atoms with Gasteiger partial charge in [-0.3, -0.25) is 19.3 Å². The van der Waals surface area contributed by atoms with Crippen molar-refractivity contribution in [2.24, 2.45) is 0 Å². The Labute approximate surface area is 227 Å². The lowest BCUT2D eigenvalue weighted by Crippen LogP contribution is -2.36. The Morgan fingerprint density at radius 2 is 1.81 bits per heavy atom. The van der Waals surface area contributed by atoms with Gasteiger partial charge in [0.2, 0.25) is 5.91 Å². The fourth-order valence-electron chi connectivity index (χ4n) is 3.46. The highest BCUT2D eigenvalue weighted by Crippen LogP contribution is 2.37. The van der Waals surface area contributed by atoms with Crippen molar-refractivity contribution < 1.29 is 23.9 Å². The number of rotatable bonds is 8. The molecular formula is C27H23IN2O5S. The first-order valence-electron chi connectivity index (χ1n) is 11.0. The molecule has 3 amide bonds. The molecular weight excluding hydrogens is 591 g/mol. The van der Waals surface area contributed by atoms with Crippen molar-refractivity contribution in [2.75, 3.05) is 19.0 Å². The second kappa shape index (κ2) is 11.6. The Morgan fingerprint density at radius 3 is 2.50 bits per heavy atom. The zero-order valence-corrected chi connectivity index (χ0v) is 22.6. The van der Waals surface area contributed by atoms with Gasteiger partial charge in [-0.25, -0.2) is 0 Å². The number of nitrogens with one attached hydrogen (secondary N) is 1. The molecule has 1 saturated heterocycles. The van der Waals surface area contributed by atoms with Crippen LogP contribution in [0.1, 0.15) is 16.7 Å². The monoisotopic (exact) mass is 614 g/mol. The quantitative estimate of drug-likeness (QED) is 0.253. The van der Waals surface area contributed by atoms with Crippen LogP contribution in [0.4, 0.5) is 10.5 Å². The number of aryl methyl sites for hydroxylation is 1. The molecule has 1 heterocycles. The summed E-state index contributed by atoms with van der Waals surface area (Å²) in [5, 5.41) is 2.19. The topological polar surface area (TPSA) is 84.9 Å². The Hall–Kier alpha value is -3.31. The van der Waals surface area contributed by atoms with Gasteiger partial charge in [-0.2, -0.15) is 0 Å². The van der Waals surface area contributed by atoms with Crippen molar-refractivity contribution in [3.05, 3.63) is 91.9 Å². The zero-order chi connectivity index (χ0) is 25.7. The number of nitrogens with zero attached hydrogens (tertiary/aromatic N) is 1. The maximum atomic E-state index is 12.9. The summed E-state index contributed by atoms with van der Waals surface area (Å²) in [6.07, 6.45) is 1.62. The van der Waals surface area contributed by atoms with E-state index in [9.17, 15) is 14.4 Å². The minimum atomic E-state index is -0.512. The number of hydrogen-bond acceptors (Lipinski definition) is 6. The lowest BCUT2D eigenvalue weighted by molar-refractivity contribution is -0.127. The Morgan fingerprint density at radius 1 is 1.08 bits per heavy atom. The highest BCUT2D eigenvalue weighted by molar-refractivity contribution is 14.1. The van der Waals surface area contributed by atoms with Gasteiger partial charge in [0.25, 0.3) is 11.1 Å². The molecule has 184 valence electrons. The van der Waals surface area contributed by atoms with Gasteiger partial charge >= 0.3 is 0 Å². The zero-order valence-electron chi connectivity index (χ0n) is 19.6. The minimum absolute atomic E-state index is 0.235. The number of imide groups is 1. The summed E-state index contributed by atoms with van der Waals surface area (Å²) < 4.78 is 12.4. The summed E-state index contributed by atoms with van der Waals surface area (Å²) >= 11 is 2.95. The van der Waals surface area contributed by atoms with E-state index in [1.54, 1.807) is 43.5 Å². The second-order valence-electron chi connectivity index (χ2n) is 7.99. The van der Waals surface area contributed by atoms with E-state index in [-0.39, 0.29) is 11.4 Å². The summed E-state index contributed by atoms with van der Waals surface area (Å²) in [6, 6.07) is 20.6. The largest absolute Gasteiger partial charge is 0.493 e. The van der Waals surface area contributed by atoms with E-state index >= 15 is 0 Å². The van der Waals surface area contributed by atoms with Crippen LogP contribution in [-0.4, -0.2) is 35.6 Å². The Kier molecular flexibility index (Phi) is 8.32. The predicted octanol–water partition coefficient (Wildman–Crippen LogP) is 5.86. The molecule has 0 aromatic heterocycles. The standard InChI is InChI=1S/C27H23IN2O5S/c1-17-8-10-18(11-9-17)16-35-25-21(28)12-19(13-22(25)34-2)14-23-26(32)30(27(33)36-23)15-24(31)29-20-6-4-3-5-7-20/h3-14H,15-16H2,1-2H3,(H,29,31)/b23-14-. The van der Waals surface area contributed by atoms with Gasteiger partial charge in [-0.1, -0.05) is 48.0 Å². The van der Waals surface area contributed by atoms with E-state index in [1.165, 1.54) is 5.56 Å². The normalized spacial score (nSPS) is 14.3. The van der Waals surface area contributed by atoms with Crippen molar-refractivity contribution in [3.63, 3.8) is 0 Å². The molecule has 0 atom stereocenters. The van der Waals surface area contributed by atoms with E-state index in [0.717, 1.165) is 25.8 Å². The molecule has 3 aromatic carbocycles. The number of ether oxygens (including phenoxy) is 2. The SMILES string of the molecule is COc1cc(/C=C2\SC(=O)N(CC(=O)Nc3ccccc3)C2=O)cc(I)c1OCc1ccc(C)cc1. The number of benzene rings is 3. The first-order valence-corrected chi connectivity index (χ1v) is 12.9. The predicted molar refractivity (Wildman–Crippen MR) is 149 cm³/mol. The summed E-state index contributed by atoms with van der Waals surface area (Å²) in [5.41, 5.74) is 3.48. The fraction of sp³-hybridized carbons (Fsp3) is 0.148. The fourth-order valence-corrected chi connectivity index (χ4v) is 5.08. The van der Waals surface area contributed by atoms with Crippen LogP contribution in [0.3, 0.4) is 0 Å². The summed E-state index contributed by atoms with van der Waals surface area (Å²) in [7, 11) is 1.55. The van der Waals surface area contributed by atoms with Crippen molar-refractivity contribution in [2.45, 2.75) is 13.5 Å². The van der Waals surface area contributed by atoms with Gasteiger partial charge in [0.05, 0.1) is 15.6 Å². The van der Waals surface area contributed by atoms with E-state index in [2.05, 4.69) is 27.9 Å². The molecule has 0 unspecified atom stereocenters. The molecule has 9 heteroatoms. The molecule has 0 spiro atoms. The lowest BCUT2D eigenvalue weighted by atomic mass is 10.1. The van der Waals surface area contributed by atoms with Crippen molar-refractivity contribution in [3.8, 4) is 11.5 Å². The summed E-state index contributed by atoms with van der Waals surface area (Å²) in [6.45, 7) is 2.06. The van der Waals surface area contributed by atoms with Crippen LogP contribution in [0.2, 0.25) is 0 Å². The highest BCUT2D eigenvalue weighted by atomic mass is 127. The number of halogens is 1. The molecule has 0 aliphatic carbocycles. The third-order valence-electron chi connectivity index (χ3n) is 5.29. The molecule has 0 saturated carbocycles. The van der Waals surface area contributed by atoms with Crippen molar-refractivity contribution in [1.82, 2.24) is 4.90 Å². The number of carbonyl (C=O) groups excluding carboxylic acids is 3. The van der Waals surface area contributed by atoms with Crippen LogP contribution in [-0.2, 0) is 16.2 Å². The molecule has 1 N–H and O–H groups in total. The third-order valence-corrected chi connectivity index (χ3v) is 6.99. The van der Waals surface area contributed by atoms with Crippen LogP contribution >= 0.6 is 34.4 Å². The second-order valence-corrected chi connectivity index (χ2v) is 10.1. The van der Waals surface area contributed by atoms with E-state index < -0.39 is 17.1 Å². The minimum Gasteiger partial charge on any atom is -0.493 e. The number of carbonyl (C=O) groups is 3. The van der Waals surface area contributed by atoms with Gasteiger partial charge in [0.15, 0.2) is 11.5 Å². The first-order chi connectivity index (χ1) is 17.3. The van der Waals surface area contributed by atoms with Crippen molar-refractivity contribution in [1.29, 1.82) is 0 Å². The third kappa shape index (κ3) is 6.27. The van der Waals surface area contributed by atoms with Gasteiger partial charge < -0.3 is 14.8 Å². The van der Waals surface area contributed by atoms with Gasteiger partial charge in [0, 0.05) is 5.69 Å². The average Bonchev–Trinajstić information content (AvgIpc) is 3.12. The van der Waals surface area contributed by atoms with Crippen molar-refractivity contribution >= 4 is 63.2 Å². The van der Waals surface area contributed by atoms with E-state index in [1.807, 2.05) is 43.3 Å². The molecule has 0 bridgehead atoms. The van der Waals surface area contributed by atoms with E-state index in [0.29, 0.717) is 29.4 Å². The maximum absolute atomic E-state index is 12.9. The Bertz CT molecular complexity index is 1330. The van der Waals surface area contributed by atoms with Gasteiger partial charge in [0.1, 0.15) is 13.2 Å². The molecule has 1 aliphatic heterocycles. The maximum Gasteiger partial charge on any atom is 0.294 e. The highest BCUT2D eigenvalue weighted by Gasteiger charge is 2.36. The number of amides is 3. The molecule has 7 nitrogen and oxygen atoms in total. The van der Waals surface area contributed by atoms with Gasteiger partial charge in [-0.05, 0) is 82.7 Å².